The van der Waals surface area contributed by atoms with Crippen LogP contribution in [0.4, 0.5) is 17.3 Å². The molecule has 0 spiro atoms. The van der Waals surface area contributed by atoms with Gasteiger partial charge in [0.25, 0.3) is 5.91 Å². The Morgan fingerprint density at radius 1 is 1.18 bits per heavy atom. The van der Waals surface area contributed by atoms with E-state index < -0.39 is 5.60 Å². The summed E-state index contributed by atoms with van der Waals surface area (Å²) in [5.41, 5.74) is 6.53. The van der Waals surface area contributed by atoms with Gasteiger partial charge in [-0.2, -0.15) is 0 Å². The van der Waals surface area contributed by atoms with E-state index in [-0.39, 0.29) is 35.4 Å². The standard InChI is InChI=1S/C21H26N4O3/c1-20(2,3)13-6-8-14(9-7-13)23-17(26)12-25-18-15(10-11-16(22)24-18)28-21(4,5)19(25)27/h6-11H,12H2,1-5H3,(H2,22,24)(H,23,26). The van der Waals surface area contributed by atoms with Gasteiger partial charge in [0.1, 0.15) is 12.4 Å². The van der Waals surface area contributed by atoms with Crippen molar-refractivity contribution in [1.29, 1.82) is 0 Å². The van der Waals surface area contributed by atoms with Crippen molar-refractivity contribution in [2.45, 2.75) is 45.6 Å². The molecule has 3 rings (SSSR count). The zero-order chi connectivity index (χ0) is 20.7. The lowest BCUT2D eigenvalue weighted by Gasteiger charge is -2.37. The molecule has 1 aliphatic rings. The van der Waals surface area contributed by atoms with Crippen LogP contribution in [0.15, 0.2) is 36.4 Å². The van der Waals surface area contributed by atoms with Crippen molar-refractivity contribution in [2.24, 2.45) is 0 Å². The topological polar surface area (TPSA) is 97.6 Å². The number of pyridine rings is 1. The number of hydrogen-bond acceptors (Lipinski definition) is 5. The molecule has 0 fully saturated rings. The first kappa shape index (κ1) is 19.7. The van der Waals surface area contributed by atoms with Gasteiger partial charge >= 0.3 is 0 Å². The number of nitrogen functional groups attached to an aromatic ring is 1. The van der Waals surface area contributed by atoms with Crippen molar-refractivity contribution in [1.82, 2.24) is 4.98 Å². The molecule has 3 N–H and O–H groups in total. The lowest BCUT2D eigenvalue weighted by molar-refractivity contribution is -0.133. The van der Waals surface area contributed by atoms with E-state index in [1.54, 1.807) is 26.0 Å². The smallest absolute Gasteiger partial charge is 0.272 e. The van der Waals surface area contributed by atoms with Gasteiger partial charge in [-0.25, -0.2) is 4.98 Å². The molecule has 148 valence electrons. The maximum absolute atomic E-state index is 12.8. The first-order valence-electron chi connectivity index (χ1n) is 9.15. The van der Waals surface area contributed by atoms with Crippen LogP contribution in [0, 0.1) is 0 Å². The number of rotatable bonds is 3. The summed E-state index contributed by atoms with van der Waals surface area (Å²) in [7, 11) is 0. The fourth-order valence-electron chi connectivity index (χ4n) is 3.01. The molecule has 0 bridgehead atoms. The molecule has 1 aliphatic heterocycles. The van der Waals surface area contributed by atoms with Gasteiger partial charge in [0, 0.05) is 5.69 Å². The van der Waals surface area contributed by atoms with E-state index in [0.717, 1.165) is 0 Å². The Kier molecular flexibility index (Phi) is 4.79. The summed E-state index contributed by atoms with van der Waals surface area (Å²) >= 11 is 0. The maximum Gasteiger partial charge on any atom is 0.272 e. The Labute approximate surface area is 164 Å². The van der Waals surface area contributed by atoms with Gasteiger partial charge in [0.2, 0.25) is 5.91 Å². The van der Waals surface area contributed by atoms with Crippen molar-refractivity contribution in [2.75, 3.05) is 22.5 Å². The summed E-state index contributed by atoms with van der Waals surface area (Å²) in [6, 6.07) is 10.9. The van der Waals surface area contributed by atoms with E-state index in [4.69, 9.17) is 10.5 Å². The number of carbonyl (C=O) groups is 2. The summed E-state index contributed by atoms with van der Waals surface area (Å²) in [6.45, 7) is 9.51. The molecule has 0 aliphatic carbocycles. The fourth-order valence-corrected chi connectivity index (χ4v) is 3.01. The van der Waals surface area contributed by atoms with E-state index in [1.807, 2.05) is 24.3 Å². The van der Waals surface area contributed by atoms with E-state index in [0.29, 0.717) is 11.4 Å². The van der Waals surface area contributed by atoms with Gasteiger partial charge in [-0.3, -0.25) is 14.5 Å². The second kappa shape index (κ2) is 6.82. The number of anilines is 3. The Hall–Kier alpha value is -3.09. The van der Waals surface area contributed by atoms with Crippen LogP contribution in [0.25, 0.3) is 0 Å². The number of nitrogens with one attached hydrogen (secondary N) is 1. The molecule has 2 heterocycles. The molecule has 0 atom stereocenters. The third kappa shape index (κ3) is 3.93. The van der Waals surface area contributed by atoms with Crippen molar-refractivity contribution >= 4 is 29.1 Å². The molecular weight excluding hydrogens is 356 g/mol. The normalized spacial score (nSPS) is 15.6. The van der Waals surface area contributed by atoms with Gasteiger partial charge in [0.05, 0.1) is 0 Å². The zero-order valence-electron chi connectivity index (χ0n) is 16.9. The summed E-state index contributed by atoms with van der Waals surface area (Å²) in [4.78, 5) is 30.9. The van der Waals surface area contributed by atoms with Gasteiger partial charge in [-0.05, 0) is 49.1 Å². The average Bonchev–Trinajstić information content (AvgIpc) is 2.59. The maximum atomic E-state index is 12.8. The molecule has 0 saturated heterocycles. The zero-order valence-corrected chi connectivity index (χ0v) is 16.9. The lowest BCUT2D eigenvalue weighted by Crippen LogP contribution is -2.54. The van der Waals surface area contributed by atoms with E-state index >= 15 is 0 Å². The van der Waals surface area contributed by atoms with Crippen LogP contribution in [0.1, 0.15) is 40.2 Å². The van der Waals surface area contributed by atoms with Crippen molar-refractivity contribution in [3.8, 4) is 5.75 Å². The number of fused-ring (bicyclic) bond motifs is 1. The molecule has 0 radical (unpaired) electrons. The van der Waals surface area contributed by atoms with Gasteiger partial charge in [0.15, 0.2) is 17.2 Å². The summed E-state index contributed by atoms with van der Waals surface area (Å²) in [5, 5.41) is 2.83. The van der Waals surface area contributed by atoms with Crippen molar-refractivity contribution in [3.05, 3.63) is 42.0 Å². The van der Waals surface area contributed by atoms with Crippen molar-refractivity contribution in [3.63, 3.8) is 0 Å². The monoisotopic (exact) mass is 382 g/mol. The highest BCUT2D eigenvalue weighted by atomic mass is 16.5. The summed E-state index contributed by atoms with van der Waals surface area (Å²) in [6.07, 6.45) is 0. The number of nitrogens with two attached hydrogens (primary N) is 1. The third-order valence-corrected chi connectivity index (χ3v) is 4.58. The number of ether oxygens (including phenoxy) is 1. The number of aromatic nitrogens is 1. The largest absolute Gasteiger partial charge is 0.474 e. The number of carbonyl (C=O) groups excluding carboxylic acids is 2. The molecule has 7 heteroatoms. The average molecular weight is 382 g/mol. The van der Waals surface area contributed by atoms with E-state index in [1.165, 1.54) is 10.5 Å². The SMILES string of the molecule is CC1(C)Oc2ccc(N)nc2N(CC(=O)Nc2ccc(C(C)(C)C)cc2)C1=O. The molecule has 28 heavy (non-hydrogen) atoms. The highest BCUT2D eigenvalue weighted by Gasteiger charge is 2.42. The van der Waals surface area contributed by atoms with Gasteiger partial charge in [-0.1, -0.05) is 32.9 Å². The number of nitrogens with zero attached hydrogens (tertiary/aromatic N) is 2. The number of hydrogen-bond donors (Lipinski definition) is 2. The third-order valence-electron chi connectivity index (χ3n) is 4.58. The molecule has 0 unspecified atom stereocenters. The molecule has 1 aromatic heterocycles. The molecule has 2 amide bonds. The molecular formula is C21H26N4O3. The first-order valence-corrected chi connectivity index (χ1v) is 9.15. The molecule has 2 aromatic rings. The van der Waals surface area contributed by atoms with Crippen LogP contribution in [-0.4, -0.2) is 28.9 Å². The van der Waals surface area contributed by atoms with Gasteiger partial charge < -0.3 is 15.8 Å². The van der Waals surface area contributed by atoms with Crippen LogP contribution in [-0.2, 0) is 15.0 Å². The second-order valence-electron chi connectivity index (χ2n) is 8.44. The van der Waals surface area contributed by atoms with Crippen LogP contribution in [0.5, 0.6) is 5.75 Å². The highest BCUT2D eigenvalue weighted by Crippen LogP contribution is 2.36. The van der Waals surface area contributed by atoms with E-state index in [9.17, 15) is 9.59 Å². The molecule has 1 aromatic carbocycles. The quantitative estimate of drug-likeness (QED) is 0.850. The fraction of sp³-hybridized carbons (Fsp3) is 0.381. The number of benzene rings is 1. The molecule has 0 saturated carbocycles. The van der Waals surface area contributed by atoms with Gasteiger partial charge in [-0.15, -0.1) is 0 Å². The second-order valence-corrected chi connectivity index (χ2v) is 8.44. The minimum Gasteiger partial charge on any atom is -0.474 e. The Morgan fingerprint density at radius 2 is 1.82 bits per heavy atom. The summed E-state index contributed by atoms with van der Waals surface area (Å²) < 4.78 is 5.72. The molecule has 7 nitrogen and oxygen atoms in total. The minimum absolute atomic E-state index is 0.0314. The minimum atomic E-state index is -1.10. The Balaban J connectivity index is 1.79. The Bertz CT molecular complexity index is 914. The van der Waals surface area contributed by atoms with Crippen LogP contribution < -0.4 is 20.7 Å². The van der Waals surface area contributed by atoms with Crippen LogP contribution >= 0.6 is 0 Å². The van der Waals surface area contributed by atoms with Crippen LogP contribution in [0.3, 0.4) is 0 Å². The van der Waals surface area contributed by atoms with E-state index in [2.05, 4.69) is 31.1 Å². The summed E-state index contributed by atoms with van der Waals surface area (Å²) in [5.74, 6) is 0.239. The predicted octanol–water partition coefficient (Wildman–Crippen LogP) is 3.10. The van der Waals surface area contributed by atoms with Crippen LogP contribution in [0.2, 0.25) is 0 Å². The Morgan fingerprint density at radius 3 is 2.43 bits per heavy atom. The first-order chi connectivity index (χ1) is 13.0. The predicted molar refractivity (Wildman–Crippen MR) is 109 cm³/mol. The van der Waals surface area contributed by atoms with Crippen molar-refractivity contribution < 1.29 is 14.3 Å². The lowest BCUT2D eigenvalue weighted by atomic mass is 9.87. The number of amides is 2. The highest BCUT2D eigenvalue weighted by molar-refractivity contribution is 6.07.